The van der Waals surface area contributed by atoms with E-state index in [-0.39, 0.29) is 11.2 Å². The zero-order valence-electron chi connectivity index (χ0n) is 19.2. The van der Waals surface area contributed by atoms with E-state index in [1.807, 2.05) is 43.5 Å². The molecule has 0 bridgehead atoms. The van der Waals surface area contributed by atoms with Gasteiger partial charge in [0.15, 0.2) is 5.78 Å². The predicted octanol–water partition coefficient (Wildman–Crippen LogP) is 6.50. The van der Waals surface area contributed by atoms with E-state index in [0.717, 1.165) is 41.2 Å². The van der Waals surface area contributed by atoms with Gasteiger partial charge < -0.3 is 14.8 Å². The largest absolute Gasteiger partial charge is 0.493 e. The third-order valence-electron chi connectivity index (χ3n) is 4.72. The van der Waals surface area contributed by atoms with Gasteiger partial charge in [0.05, 0.1) is 13.2 Å². The van der Waals surface area contributed by atoms with Crippen LogP contribution in [0.1, 0.15) is 68.9 Å². The Labute approximate surface area is 181 Å². The number of ether oxygens (including phenoxy) is 2. The number of anilines is 1. The van der Waals surface area contributed by atoms with Crippen molar-refractivity contribution >= 4 is 17.5 Å². The standard InChI is InChI=1S/C26H35NO3/c1-7-15-29-24-18-25(30-16-8-2)22(26(3,4)5)17-20(24)11-14-23(28)19-9-12-21(27-6)13-10-19/h9-14,17-18,27H,7-8,15-16H2,1-6H3. The quantitative estimate of drug-likeness (QED) is 0.359. The van der Waals surface area contributed by atoms with Crippen LogP contribution in [0.2, 0.25) is 0 Å². The van der Waals surface area contributed by atoms with Crippen molar-refractivity contribution in [2.24, 2.45) is 0 Å². The number of ketones is 1. The molecule has 162 valence electrons. The Morgan fingerprint density at radius 1 is 0.967 bits per heavy atom. The molecule has 0 fully saturated rings. The summed E-state index contributed by atoms with van der Waals surface area (Å²) in [5, 5.41) is 3.06. The fraction of sp³-hybridized carbons (Fsp3) is 0.423. The minimum atomic E-state index is -0.0953. The number of rotatable bonds is 10. The molecule has 1 N–H and O–H groups in total. The van der Waals surface area contributed by atoms with Gasteiger partial charge >= 0.3 is 0 Å². The van der Waals surface area contributed by atoms with E-state index in [1.165, 1.54) is 0 Å². The van der Waals surface area contributed by atoms with Gasteiger partial charge in [-0.2, -0.15) is 0 Å². The van der Waals surface area contributed by atoms with Crippen LogP contribution in [0.15, 0.2) is 42.5 Å². The van der Waals surface area contributed by atoms with E-state index in [9.17, 15) is 4.79 Å². The zero-order chi connectivity index (χ0) is 22.1. The lowest BCUT2D eigenvalue weighted by atomic mass is 9.85. The average Bonchev–Trinajstić information content (AvgIpc) is 2.74. The molecule has 4 heteroatoms. The van der Waals surface area contributed by atoms with Gasteiger partial charge in [0.1, 0.15) is 11.5 Å². The Morgan fingerprint density at radius 2 is 1.57 bits per heavy atom. The number of carbonyl (C=O) groups excluding carboxylic acids is 1. The van der Waals surface area contributed by atoms with Gasteiger partial charge in [0.25, 0.3) is 0 Å². The van der Waals surface area contributed by atoms with Gasteiger partial charge in [-0.25, -0.2) is 0 Å². The van der Waals surface area contributed by atoms with E-state index < -0.39 is 0 Å². The summed E-state index contributed by atoms with van der Waals surface area (Å²) in [4.78, 5) is 12.7. The van der Waals surface area contributed by atoms with E-state index >= 15 is 0 Å². The van der Waals surface area contributed by atoms with Crippen molar-refractivity contribution in [3.8, 4) is 11.5 Å². The maximum atomic E-state index is 12.7. The maximum Gasteiger partial charge on any atom is 0.185 e. The Morgan fingerprint density at radius 3 is 2.10 bits per heavy atom. The number of hydrogen-bond acceptors (Lipinski definition) is 4. The molecule has 0 spiro atoms. The number of benzene rings is 2. The summed E-state index contributed by atoms with van der Waals surface area (Å²) in [6.45, 7) is 11.9. The van der Waals surface area contributed by atoms with Crippen LogP contribution in [0.3, 0.4) is 0 Å². The molecule has 0 aliphatic heterocycles. The van der Waals surface area contributed by atoms with E-state index in [0.29, 0.717) is 18.8 Å². The molecule has 0 aromatic heterocycles. The fourth-order valence-electron chi connectivity index (χ4n) is 3.03. The summed E-state index contributed by atoms with van der Waals surface area (Å²) >= 11 is 0. The van der Waals surface area contributed by atoms with Crippen molar-refractivity contribution in [3.05, 3.63) is 59.2 Å². The Hall–Kier alpha value is -2.75. The van der Waals surface area contributed by atoms with E-state index in [4.69, 9.17) is 9.47 Å². The second kappa shape index (κ2) is 10.9. The molecule has 30 heavy (non-hydrogen) atoms. The maximum absolute atomic E-state index is 12.7. The molecule has 0 saturated heterocycles. The highest BCUT2D eigenvalue weighted by Crippen LogP contribution is 2.37. The summed E-state index contributed by atoms with van der Waals surface area (Å²) in [5.74, 6) is 1.55. The molecule has 2 aromatic carbocycles. The second-order valence-electron chi connectivity index (χ2n) is 8.36. The Kier molecular flexibility index (Phi) is 8.52. The molecule has 4 nitrogen and oxygen atoms in total. The van der Waals surface area contributed by atoms with Crippen molar-refractivity contribution in [3.63, 3.8) is 0 Å². The molecule has 0 saturated carbocycles. The zero-order valence-corrected chi connectivity index (χ0v) is 19.2. The molecular formula is C26H35NO3. The monoisotopic (exact) mass is 409 g/mol. The van der Waals surface area contributed by atoms with Crippen LogP contribution >= 0.6 is 0 Å². The van der Waals surface area contributed by atoms with Gasteiger partial charge in [-0.15, -0.1) is 0 Å². The van der Waals surface area contributed by atoms with Crippen LogP contribution in [-0.4, -0.2) is 26.0 Å². The van der Waals surface area contributed by atoms with Gasteiger partial charge in [0.2, 0.25) is 0 Å². The number of nitrogens with one attached hydrogen (secondary N) is 1. The minimum Gasteiger partial charge on any atom is -0.493 e. The Bertz CT molecular complexity index is 861. The normalized spacial score (nSPS) is 11.5. The SMILES string of the molecule is CCCOc1cc(OCCC)c(C(C)(C)C)cc1C=CC(=O)c1ccc(NC)cc1. The summed E-state index contributed by atoms with van der Waals surface area (Å²) in [6.07, 6.45) is 5.31. The van der Waals surface area contributed by atoms with Crippen LogP contribution in [-0.2, 0) is 5.41 Å². The Balaban J connectivity index is 2.41. The first-order chi connectivity index (χ1) is 14.3. The fourth-order valence-corrected chi connectivity index (χ4v) is 3.03. The summed E-state index contributed by atoms with van der Waals surface area (Å²) in [5.41, 5.74) is 3.52. The smallest absolute Gasteiger partial charge is 0.185 e. The first-order valence-corrected chi connectivity index (χ1v) is 10.7. The summed E-state index contributed by atoms with van der Waals surface area (Å²) in [6, 6.07) is 11.5. The van der Waals surface area contributed by atoms with Crippen LogP contribution in [0.5, 0.6) is 11.5 Å². The van der Waals surface area contributed by atoms with Gasteiger partial charge in [-0.3, -0.25) is 4.79 Å². The highest BCUT2D eigenvalue weighted by Gasteiger charge is 2.22. The third-order valence-corrected chi connectivity index (χ3v) is 4.72. The topological polar surface area (TPSA) is 47.6 Å². The van der Waals surface area contributed by atoms with E-state index in [1.54, 1.807) is 6.08 Å². The molecule has 0 heterocycles. The molecule has 0 radical (unpaired) electrons. The lowest BCUT2D eigenvalue weighted by molar-refractivity contribution is 0.104. The first-order valence-electron chi connectivity index (χ1n) is 10.7. The summed E-state index contributed by atoms with van der Waals surface area (Å²) in [7, 11) is 1.86. The van der Waals surface area contributed by atoms with Crippen LogP contribution in [0.25, 0.3) is 6.08 Å². The molecule has 0 unspecified atom stereocenters. The molecule has 0 aliphatic rings. The van der Waals surface area contributed by atoms with Crippen molar-refractivity contribution in [2.45, 2.75) is 52.9 Å². The van der Waals surface area contributed by atoms with Crippen molar-refractivity contribution < 1.29 is 14.3 Å². The predicted molar refractivity (Wildman–Crippen MR) is 126 cm³/mol. The minimum absolute atomic E-state index is 0.0392. The lowest BCUT2D eigenvalue weighted by Gasteiger charge is -2.25. The van der Waals surface area contributed by atoms with E-state index in [2.05, 4.69) is 46.0 Å². The first kappa shape index (κ1) is 23.5. The lowest BCUT2D eigenvalue weighted by Crippen LogP contribution is -2.15. The molecule has 2 rings (SSSR count). The van der Waals surface area contributed by atoms with Gasteiger partial charge in [-0.1, -0.05) is 34.6 Å². The highest BCUT2D eigenvalue weighted by molar-refractivity contribution is 6.07. The van der Waals surface area contributed by atoms with Crippen molar-refractivity contribution in [2.75, 3.05) is 25.6 Å². The van der Waals surface area contributed by atoms with Crippen LogP contribution in [0, 0.1) is 0 Å². The van der Waals surface area contributed by atoms with Crippen molar-refractivity contribution in [1.82, 2.24) is 0 Å². The van der Waals surface area contributed by atoms with Gasteiger partial charge in [0, 0.05) is 35.5 Å². The second-order valence-corrected chi connectivity index (χ2v) is 8.36. The van der Waals surface area contributed by atoms with Crippen LogP contribution < -0.4 is 14.8 Å². The average molecular weight is 410 g/mol. The molecule has 0 atom stereocenters. The molecule has 2 aromatic rings. The highest BCUT2D eigenvalue weighted by atomic mass is 16.5. The number of carbonyl (C=O) groups is 1. The third kappa shape index (κ3) is 6.38. The number of hydrogen-bond donors (Lipinski definition) is 1. The van der Waals surface area contributed by atoms with Crippen LogP contribution in [0.4, 0.5) is 5.69 Å². The summed E-state index contributed by atoms with van der Waals surface area (Å²) < 4.78 is 12.0. The van der Waals surface area contributed by atoms with Crippen molar-refractivity contribution in [1.29, 1.82) is 0 Å². The van der Waals surface area contributed by atoms with Gasteiger partial charge in [-0.05, 0) is 60.7 Å². The number of allylic oxidation sites excluding steroid dienone is 1. The molecule has 0 amide bonds. The molecular weight excluding hydrogens is 374 g/mol. The molecule has 0 aliphatic carbocycles.